The number of benzene rings is 1. The van der Waals surface area contributed by atoms with Crippen molar-refractivity contribution in [3.05, 3.63) is 66.7 Å². The maximum absolute atomic E-state index is 13.0. The van der Waals surface area contributed by atoms with E-state index in [-0.39, 0.29) is 17.2 Å². The first-order chi connectivity index (χ1) is 14.5. The van der Waals surface area contributed by atoms with Gasteiger partial charge in [-0.3, -0.25) is 19.1 Å². The highest BCUT2D eigenvalue weighted by Crippen LogP contribution is 2.33. The van der Waals surface area contributed by atoms with Crippen molar-refractivity contribution < 1.29 is 4.79 Å². The van der Waals surface area contributed by atoms with Gasteiger partial charge >= 0.3 is 5.69 Å². The van der Waals surface area contributed by atoms with E-state index in [2.05, 4.69) is 29.2 Å². The number of amides is 1. The molecule has 2 aliphatic rings. The summed E-state index contributed by atoms with van der Waals surface area (Å²) in [6.45, 7) is 3.53. The summed E-state index contributed by atoms with van der Waals surface area (Å²) in [5.74, 6) is 0.559. The number of nitrogens with zero attached hydrogens (tertiary/aromatic N) is 2. The topological polar surface area (TPSA) is 75.2 Å². The number of thiophene rings is 1. The zero-order valence-electron chi connectivity index (χ0n) is 17.1. The molecule has 6 nitrogen and oxygen atoms in total. The van der Waals surface area contributed by atoms with Crippen LogP contribution in [0.3, 0.4) is 0 Å². The molecular weight excluding hydrogens is 398 g/mol. The second-order valence-corrected chi connectivity index (χ2v) is 9.51. The number of aromatic amines is 1. The number of rotatable bonds is 4. The summed E-state index contributed by atoms with van der Waals surface area (Å²) in [7, 11) is 0. The minimum absolute atomic E-state index is 0.188. The molecule has 156 valence electrons. The third-order valence-corrected chi connectivity index (χ3v) is 7.51. The zero-order chi connectivity index (χ0) is 20.8. The van der Waals surface area contributed by atoms with E-state index in [0.717, 1.165) is 29.7 Å². The van der Waals surface area contributed by atoms with Gasteiger partial charge in [-0.1, -0.05) is 31.2 Å². The van der Waals surface area contributed by atoms with Crippen LogP contribution in [0, 0.1) is 5.92 Å². The van der Waals surface area contributed by atoms with Crippen LogP contribution in [-0.4, -0.2) is 26.9 Å². The second kappa shape index (κ2) is 7.54. The molecule has 0 radical (unpaired) electrons. The minimum atomic E-state index is -0.346. The maximum atomic E-state index is 13.0. The van der Waals surface area contributed by atoms with Crippen molar-refractivity contribution in [1.29, 1.82) is 0 Å². The third kappa shape index (κ3) is 3.21. The van der Waals surface area contributed by atoms with Crippen molar-refractivity contribution in [1.82, 2.24) is 14.5 Å². The van der Waals surface area contributed by atoms with Crippen LogP contribution in [0.15, 0.2) is 33.9 Å². The molecule has 0 saturated carbocycles. The third-order valence-electron chi connectivity index (χ3n) is 6.38. The van der Waals surface area contributed by atoms with Crippen molar-refractivity contribution in [3.63, 3.8) is 0 Å². The minimum Gasteiger partial charge on any atom is -0.337 e. The van der Waals surface area contributed by atoms with Gasteiger partial charge in [-0.2, -0.15) is 0 Å². The molecule has 0 unspecified atom stereocenters. The quantitative estimate of drug-likeness (QED) is 0.701. The van der Waals surface area contributed by atoms with Crippen molar-refractivity contribution >= 4 is 27.5 Å². The fourth-order valence-corrected chi connectivity index (χ4v) is 6.16. The first kappa shape index (κ1) is 19.3. The largest absolute Gasteiger partial charge is 0.337 e. The smallest absolute Gasteiger partial charge is 0.329 e. The van der Waals surface area contributed by atoms with Crippen LogP contribution < -0.4 is 11.2 Å². The van der Waals surface area contributed by atoms with Crippen molar-refractivity contribution in [2.75, 3.05) is 6.54 Å². The molecule has 0 saturated heterocycles. The highest BCUT2D eigenvalue weighted by molar-refractivity contribution is 7.18. The van der Waals surface area contributed by atoms with E-state index in [4.69, 9.17) is 0 Å². The Balaban J connectivity index is 1.36. The van der Waals surface area contributed by atoms with Gasteiger partial charge in [-0.15, -0.1) is 11.3 Å². The zero-order valence-corrected chi connectivity index (χ0v) is 17.9. The van der Waals surface area contributed by atoms with Crippen LogP contribution in [0.25, 0.3) is 10.2 Å². The standard InChI is InChI=1S/C23H25N3O3S/c1-2-8-26-22(28)20-17-7-9-25(13-18(17)30-21(20)24-23(26)29)19(27)12-14-10-15-5-3-4-6-16(15)11-14/h3-6,14H,2,7-13H2,1H3,(H,24,29). The Morgan fingerprint density at radius 2 is 1.93 bits per heavy atom. The SMILES string of the molecule is CCCn1c(=O)[nH]c2sc3c(c2c1=O)CCN(C(=O)CC1Cc2ccccc2C1)C3. The Hall–Kier alpha value is -2.67. The predicted octanol–water partition coefficient (Wildman–Crippen LogP) is 2.85. The molecule has 0 fully saturated rings. The van der Waals surface area contributed by atoms with E-state index >= 15 is 0 Å². The number of nitrogens with one attached hydrogen (secondary N) is 1. The average Bonchev–Trinajstić information content (AvgIpc) is 3.30. The summed E-state index contributed by atoms with van der Waals surface area (Å²) in [5, 5.41) is 0.640. The number of carbonyl (C=O) groups excluding carboxylic acids is 1. The van der Waals surface area contributed by atoms with Gasteiger partial charge in [0.25, 0.3) is 5.56 Å². The molecule has 1 aliphatic heterocycles. The average molecular weight is 424 g/mol. The van der Waals surface area contributed by atoms with E-state index in [0.29, 0.717) is 48.6 Å². The van der Waals surface area contributed by atoms with Gasteiger partial charge in [-0.25, -0.2) is 4.79 Å². The highest BCUT2D eigenvalue weighted by atomic mass is 32.1. The van der Waals surface area contributed by atoms with Crippen LogP contribution >= 0.6 is 11.3 Å². The summed E-state index contributed by atoms with van der Waals surface area (Å²) < 4.78 is 1.30. The Labute approximate surface area is 178 Å². The molecule has 3 heterocycles. The Bertz CT molecular complexity index is 1230. The molecule has 2 aromatic heterocycles. The first-order valence-electron chi connectivity index (χ1n) is 10.7. The lowest BCUT2D eigenvalue weighted by Crippen LogP contribution is -2.37. The Kier molecular flexibility index (Phi) is 4.85. The maximum Gasteiger partial charge on any atom is 0.329 e. The molecule has 1 aromatic carbocycles. The fraction of sp³-hybridized carbons (Fsp3) is 0.435. The van der Waals surface area contributed by atoms with Gasteiger partial charge in [0.1, 0.15) is 4.83 Å². The summed E-state index contributed by atoms with van der Waals surface area (Å²) >= 11 is 1.45. The van der Waals surface area contributed by atoms with E-state index < -0.39 is 0 Å². The number of aromatic nitrogens is 2. The molecule has 0 atom stereocenters. The van der Waals surface area contributed by atoms with Gasteiger partial charge in [0.05, 0.1) is 11.9 Å². The lowest BCUT2D eigenvalue weighted by Gasteiger charge is -2.28. The van der Waals surface area contributed by atoms with E-state index in [1.54, 1.807) is 0 Å². The van der Waals surface area contributed by atoms with Crippen LogP contribution in [0.2, 0.25) is 0 Å². The summed E-state index contributed by atoms with van der Waals surface area (Å²) in [5.41, 5.74) is 3.21. The van der Waals surface area contributed by atoms with Crippen molar-refractivity contribution in [2.45, 2.75) is 52.1 Å². The van der Waals surface area contributed by atoms with Gasteiger partial charge in [0.2, 0.25) is 5.91 Å². The highest BCUT2D eigenvalue weighted by Gasteiger charge is 2.29. The number of fused-ring (bicyclic) bond motifs is 4. The second-order valence-electron chi connectivity index (χ2n) is 8.41. The van der Waals surface area contributed by atoms with Gasteiger partial charge < -0.3 is 4.90 Å². The summed E-state index contributed by atoms with van der Waals surface area (Å²) in [4.78, 5) is 44.6. The van der Waals surface area contributed by atoms with E-state index in [1.165, 1.54) is 27.0 Å². The van der Waals surface area contributed by atoms with Crippen LogP contribution in [-0.2, 0) is 37.1 Å². The molecule has 3 aromatic rings. The molecule has 5 rings (SSSR count). The number of carbonyl (C=O) groups is 1. The molecule has 1 amide bonds. The van der Waals surface area contributed by atoms with E-state index in [9.17, 15) is 14.4 Å². The summed E-state index contributed by atoms with van der Waals surface area (Å²) in [6.07, 6.45) is 3.91. The van der Waals surface area contributed by atoms with Crippen molar-refractivity contribution in [2.24, 2.45) is 5.92 Å². The number of hydrogen-bond donors (Lipinski definition) is 1. The molecule has 7 heteroatoms. The first-order valence-corrected chi connectivity index (χ1v) is 11.5. The number of hydrogen-bond acceptors (Lipinski definition) is 4. The number of H-pyrrole nitrogens is 1. The molecule has 1 aliphatic carbocycles. The normalized spacial score (nSPS) is 16.1. The molecular formula is C23H25N3O3S. The molecule has 1 N–H and O–H groups in total. The Morgan fingerprint density at radius 3 is 2.63 bits per heavy atom. The predicted molar refractivity (Wildman–Crippen MR) is 118 cm³/mol. The van der Waals surface area contributed by atoms with E-state index in [1.807, 2.05) is 11.8 Å². The van der Waals surface area contributed by atoms with Gasteiger partial charge in [0.15, 0.2) is 0 Å². The molecule has 30 heavy (non-hydrogen) atoms. The Morgan fingerprint density at radius 1 is 1.20 bits per heavy atom. The summed E-state index contributed by atoms with van der Waals surface area (Å²) in [6, 6.07) is 8.46. The van der Waals surface area contributed by atoms with Crippen LogP contribution in [0.5, 0.6) is 0 Å². The van der Waals surface area contributed by atoms with Gasteiger partial charge in [0, 0.05) is 24.4 Å². The monoisotopic (exact) mass is 423 g/mol. The lowest BCUT2D eigenvalue weighted by molar-refractivity contribution is -0.133. The lowest BCUT2D eigenvalue weighted by atomic mass is 9.99. The molecule has 0 bridgehead atoms. The molecule has 0 spiro atoms. The van der Waals surface area contributed by atoms with Crippen molar-refractivity contribution in [3.8, 4) is 0 Å². The van der Waals surface area contributed by atoms with Gasteiger partial charge in [-0.05, 0) is 48.3 Å². The fourth-order valence-electron chi connectivity index (χ4n) is 4.92. The van der Waals surface area contributed by atoms with Crippen LogP contribution in [0.1, 0.15) is 41.3 Å². The van der Waals surface area contributed by atoms with Crippen LogP contribution in [0.4, 0.5) is 0 Å².